The summed E-state index contributed by atoms with van der Waals surface area (Å²) in [7, 11) is 0. The van der Waals surface area contributed by atoms with E-state index in [0.29, 0.717) is 6.04 Å². The molecule has 2 heterocycles. The van der Waals surface area contributed by atoms with Crippen LogP contribution in [-0.4, -0.2) is 29.2 Å². The second-order valence-corrected chi connectivity index (χ2v) is 3.70. The van der Waals surface area contributed by atoms with Crippen molar-refractivity contribution in [2.75, 3.05) is 18.0 Å². The summed E-state index contributed by atoms with van der Waals surface area (Å²) in [6.07, 6.45) is 3.51. The molecule has 3 N–H and O–H groups in total. The minimum atomic E-state index is 0.211. The molecular weight excluding hydrogens is 178 g/mol. The van der Waals surface area contributed by atoms with E-state index in [2.05, 4.69) is 9.88 Å². The zero-order chi connectivity index (χ0) is 9.97. The average molecular weight is 193 g/mol. The van der Waals surface area contributed by atoms with Crippen molar-refractivity contribution in [1.29, 1.82) is 0 Å². The van der Waals surface area contributed by atoms with E-state index in [9.17, 15) is 0 Å². The highest BCUT2D eigenvalue weighted by Gasteiger charge is 2.16. The van der Waals surface area contributed by atoms with Gasteiger partial charge in [0.1, 0.15) is 11.6 Å². The monoisotopic (exact) mass is 193 g/mol. The first-order valence-electron chi connectivity index (χ1n) is 4.91. The van der Waals surface area contributed by atoms with E-state index >= 15 is 0 Å². The Labute approximate surface area is 83.4 Å². The van der Waals surface area contributed by atoms with Gasteiger partial charge in [-0.3, -0.25) is 0 Å². The number of hydrogen-bond donors (Lipinski definition) is 2. The Morgan fingerprint density at radius 1 is 1.36 bits per heavy atom. The van der Waals surface area contributed by atoms with Crippen molar-refractivity contribution in [3.05, 3.63) is 18.3 Å². The smallest absolute Gasteiger partial charge is 0.134 e. The quantitative estimate of drug-likeness (QED) is 0.689. The third-order valence-electron chi connectivity index (χ3n) is 2.60. The van der Waals surface area contributed by atoms with E-state index in [-0.39, 0.29) is 5.75 Å². The normalized spacial score (nSPS) is 18.5. The van der Waals surface area contributed by atoms with Gasteiger partial charge in [-0.05, 0) is 25.0 Å². The summed E-state index contributed by atoms with van der Waals surface area (Å²) >= 11 is 0. The summed E-state index contributed by atoms with van der Waals surface area (Å²) in [4.78, 5) is 6.36. The van der Waals surface area contributed by atoms with Gasteiger partial charge in [0.2, 0.25) is 0 Å². The van der Waals surface area contributed by atoms with Gasteiger partial charge in [-0.15, -0.1) is 0 Å². The Kier molecular flexibility index (Phi) is 2.54. The number of nitrogens with zero attached hydrogens (tertiary/aromatic N) is 2. The number of rotatable bonds is 1. The molecule has 1 fully saturated rings. The van der Waals surface area contributed by atoms with Crippen LogP contribution in [0, 0.1) is 0 Å². The van der Waals surface area contributed by atoms with E-state index in [1.54, 1.807) is 6.07 Å². The van der Waals surface area contributed by atoms with Crippen molar-refractivity contribution in [2.45, 2.75) is 18.9 Å². The molecule has 0 bridgehead atoms. The van der Waals surface area contributed by atoms with Crippen molar-refractivity contribution < 1.29 is 5.11 Å². The minimum Gasteiger partial charge on any atom is -0.506 e. The maximum absolute atomic E-state index is 9.10. The van der Waals surface area contributed by atoms with Crippen LogP contribution in [-0.2, 0) is 0 Å². The van der Waals surface area contributed by atoms with Crippen LogP contribution in [0.25, 0.3) is 0 Å². The second-order valence-electron chi connectivity index (χ2n) is 3.70. The molecule has 0 radical (unpaired) electrons. The predicted molar refractivity (Wildman–Crippen MR) is 55.3 cm³/mol. The molecule has 4 nitrogen and oxygen atoms in total. The summed E-state index contributed by atoms with van der Waals surface area (Å²) in [5, 5.41) is 9.10. The lowest BCUT2D eigenvalue weighted by Crippen LogP contribution is -2.39. The molecule has 2 rings (SSSR count). The molecular formula is C10H15N3O. The maximum Gasteiger partial charge on any atom is 0.134 e. The number of piperidine rings is 1. The van der Waals surface area contributed by atoms with Crippen molar-refractivity contribution in [1.82, 2.24) is 4.98 Å². The number of hydrogen-bond acceptors (Lipinski definition) is 4. The molecule has 1 aromatic rings. The van der Waals surface area contributed by atoms with Gasteiger partial charge in [-0.25, -0.2) is 4.98 Å². The lowest BCUT2D eigenvalue weighted by atomic mass is 10.1. The topological polar surface area (TPSA) is 62.4 Å². The van der Waals surface area contributed by atoms with Crippen LogP contribution < -0.4 is 10.6 Å². The van der Waals surface area contributed by atoms with E-state index in [0.717, 1.165) is 31.7 Å². The molecule has 0 aromatic carbocycles. The van der Waals surface area contributed by atoms with Crippen molar-refractivity contribution >= 4 is 5.82 Å². The van der Waals surface area contributed by atoms with Crippen molar-refractivity contribution in [2.24, 2.45) is 5.73 Å². The summed E-state index contributed by atoms with van der Waals surface area (Å²) in [5.74, 6) is 1.14. The second kappa shape index (κ2) is 3.84. The van der Waals surface area contributed by atoms with Crippen molar-refractivity contribution in [3.63, 3.8) is 0 Å². The molecule has 1 aromatic heterocycles. The minimum absolute atomic E-state index is 0.211. The molecule has 0 spiro atoms. The van der Waals surface area contributed by atoms with Crippen LogP contribution in [0.2, 0.25) is 0 Å². The maximum atomic E-state index is 9.10. The van der Waals surface area contributed by atoms with Gasteiger partial charge in [0, 0.05) is 19.1 Å². The highest BCUT2D eigenvalue weighted by atomic mass is 16.3. The molecule has 0 atom stereocenters. The van der Waals surface area contributed by atoms with Gasteiger partial charge in [0.15, 0.2) is 0 Å². The Hall–Kier alpha value is -1.29. The highest BCUT2D eigenvalue weighted by Crippen LogP contribution is 2.18. The third kappa shape index (κ3) is 1.96. The van der Waals surface area contributed by atoms with E-state index in [1.807, 2.05) is 6.07 Å². The molecule has 1 saturated heterocycles. The first-order chi connectivity index (χ1) is 6.75. The molecule has 1 aliphatic rings. The fraction of sp³-hybridized carbons (Fsp3) is 0.500. The SMILES string of the molecule is NC1CCN(c2ccc(O)cn2)CC1. The Bertz CT molecular complexity index is 291. The van der Waals surface area contributed by atoms with Gasteiger partial charge in [-0.1, -0.05) is 0 Å². The van der Waals surface area contributed by atoms with Crippen LogP contribution in [0.5, 0.6) is 5.75 Å². The summed E-state index contributed by atoms with van der Waals surface area (Å²) in [6, 6.07) is 3.84. The third-order valence-corrected chi connectivity index (χ3v) is 2.60. The van der Waals surface area contributed by atoms with Crippen LogP contribution in [0.4, 0.5) is 5.82 Å². The molecule has 0 unspecified atom stereocenters. The number of aromatic nitrogens is 1. The van der Waals surface area contributed by atoms with Crippen LogP contribution in [0.3, 0.4) is 0 Å². The first kappa shape index (κ1) is 9.27. The Morgan fingerprint density at radius 3 is 2.64 bits per heavy atom. The van der Waals surface area contributed by atoms with E-state index < -0.39 is 0 Å². The Balaban J connectivity index is 2.05. The summed E-state index contributed by atoms with van der Waals surface area (Å²) in [6.45, 7) is 1.91. The van der Waals surface area contributed by atoms with Crippen molar-refractivity contribution in [3.8, 4) is 5.75 Å². The predicted octanol–water partition coefficient (Wildman–Crippen LogP) is 0.715. The largest absolute Gasteiger partial charge is 0.506 e. The van der Waals surface area contributed by atoms with Crippen LogP contribution in [0.15, 0.2) is 18.3 Å². The summed E-state index contributed by atoms with van der Waals surface area (Å²) < 4.78 is 0. The molecule has 1 aliphatic heterocycles. The molecule has 0 aliphatic carbocycles. The summed E-state index contributed by atoms with van der Waals surface area (Å²) in [5.41, 5.74) is 5.81. The van der Waals surface area contributed by atoms with Crippen LogP contribution >= 0.6 is 0 Å². The highest BCUT2D eigenvalue weighted by molar-refractivity contribution is 5.40. The number of pyridine rings is 1. The number of aromatic hydroxyl groups is 1. The van der Waals surface area contributed by atoms with Gasteiger partial charge in [0.25, 0.3) is 0 Å². The van der Waals surface area contributed by atoms with Gasteiger partial charge in [0.05, 0.1) is 6.20 Å². The lowest BCUT2D eigenvalue weighted by molar-refractivity contribution is 0.471. The fourth-order valence-electron chi connectivity index (χ4n) is 1.69. The zero-order valence-corrected chi connectivity index (χ0v) is 8.06. The molecule has 4 heteroatoms. The molecule has 0 saturated carbocycles. The van der Waals surface area contributed by atoms with E-state index in [4.69, 9.17) is 10.8 Å². The molecule has 76 valence electrons. The zero-order valence-electron chi connectivity index (χ0n) is 8.06. The van der Waals surface area contributed by atoms with E-state index in [1.165, 1.54) is 6.20 Å². The average Bonchev–Trinajstić information content (AvgIpc) is 2.21. The van der Waals surface area contributed by atoms with Gasteiger partial charge in [-0.2, -0.15) is 0 Å². The van der Waals surface area contributed by atoms with Gasteiger partial charge < -0.3 is 15.7 Å². The van der Waals surface area contributed by atoms with Gasteiger partial charge >= 0.3 is 0 Å². The number of nitrogens with two attached hydrogens (primary N) is 1. The molecule has 0 amide bonds. The fourth-order valence-corrected chi connectivity index (χ4v) is 1.69. The lowest BCUT2D eigenvalue weighted by Gasteiger charge is -2.30. The first-order valence-corrected chi connectivity index (χ1v) is 4.91. The molecule has 14 heavy (non-hydrogen) atoms. The standard InChI is InChI=1S/C10H15N3O/c11-8-3-5-13(6-4-8)10-2-1-9(14)7-12-10/h1-2,7-8,14H,3-6,11H2. The Morgan fingerprint density at radius 2 is 2.07 bits per heavy atom. The van der Waals surface area contributed by atoms with Crippen LogP contribution in [0.1, 0.15) is 12.8 Å². The number of anilines is 1.